The molecule has 2 aliphatic heterocycles. The molecule has 0 aliphatic carbocycles. The molecule has 0 spiro atoms. The van der Waals surface area contributed by atoms with Crippen LogP contribution in [0.25, 0.3) is 0 Å². The second kappa shape index (κ2) is 6.00. The van der Waals surface area contributed by atoms with E-state index < -0.39 is 0 Å². The van der Waals surface area contributed by atoms with Gasteiger partial charge in [-0.15, -0.1) is 0 Å². The lowest BCUT2D eigenvalue weighted by Gasteiger charge is -2.48. The second-order valence-corrected chi connectivity index (χ2v) is 6.11. The van der Waals surface area contributed by atoms with Crippen LogP contribution in [0.15, 0.2) is 18.5 Å². The average Bonchev–Trinajstić information content (AvgIpc) is 2.47. The van der Waals surface area contributed by atoms with Crippen LogP contribution in [0.5, 0.6) is 0 Å². The summed E-state index contributed by atoms with van der Waals surface area (Å²) < 4.78 is 0. The molecule has 0 saturated carbocycles. The highest BCUT2D eigenvalue weighted by Gasteiger charge is 2.33. The number of anilines is 2. The molecule has 1 aromatic rings. The normalized spacial score (nSPS) is 27.2. The molecule has 4 heteroatoms. The molecule has 0 radical (unpaired) electrons. The Labute approximate surface area is 122 Å². The maximum absolute atomic E-state index is 4.40. The highest BCUT2D eigenvalue weighted by atomic mass is 15.3. The number of pyridine rings is 1. The van der Waals surface area contributed by atoms with Crippen molar-refractivity contribution in [3.05, 3.63) is 18.5 Å². The summed E-state index contributed by atoms with van der Waals surface area (Å²) in [6.07, 6.45) is 8.04. The van der Waals surface area contributed by atoms with Crippen LogP contribution in [-0.2, 0) is 0 Å². The molecule has 0 aromatic carbocycles. The molecular weight excluding hydrogens is 248 g/mol. The van der Waals surface area contributed by atoms with Crippen molar-refractivity contribution in [3.63, 3.8) is 0 Å². The van der Waals surface area contributed by atoms with Crippen molar-refractivity contribution in [3.8, 4) is 0 Å². The largest absolute Gasteiger partial charge is 0.384 e. The Morgan fingerprint density at radius 3 is 3.05 bits per heavy atom. The maximum Gasteiger partial charge on any atom is 0.0576 e. The van der Waals surface area contributed by atoms with Crippen LogP contribution in [0.3, 0.4) is 0 Å². The molecule has 0 bridgehead atoms. The van der Waals surface area contributed by atoms with Gasteiger partial charge in [0.2, 0.25) is 0 Å². The van der Waals surface area contributed by atoms with Crippen molar-refractivity contribution < 1.29 is 0 Å². The lowest BCUT2D eigenvalue weighted by Crippen LogP contribution is -2.58. The van der Waals surface area contributed by atoms with Gasteiger partial charge in [0.25, 0.3) is 0 Å². The van der Waals surface area contributed by atoms with Gasteiger partial charge in [0.15, 0.2) is 0 Å². The summed E-state index contributed by atoms with van der Waals surface area (Å²) in [5.74, 6) is 0. The Morgan fingerprint density at radius 1 is 1.30 bits per heavy atom. The molecule has 2 fully saturated rings. The van der Waals surface area contributed by atoms with Crippen LogP contribution in [0, 0.1) is 0 Å². The predicted molar refractivity (Wildman–Crippen MR) is 84.4 cm³/mol. The van der Waals surface area contributed by atoms with Crippen LogP contribution in [0.1, 0.15) is 33.1 Å². The van der Waals surface area contributed by atoms with Gasteiger partial charge >= 0.3 is 0 Å². The van der Waals surface area contributed by atoms with Gasteiger partial charge in [0.1, 0.15) is 0 Å². The van der Waals surface area contributed by atoms with Gasteiger partial charge in [0, 0.05) is 31.7 Å². The first-order chi connectivity index (χ1) is 9.78. The van der Waals surface area contributed by atoms with E-state index in [1.807, 2.05) is 12.4 Å². The Kier molecular flexibility index (Phi) is 4.10. The number of hydrogen-bond donors (Lipinski definition) is 1. The molecule has 2 aliphatic rings. The summed E-state index contributed by atoms with van der Waals surface area (Å²) in [6, 6.07) is 3.55. The van der Waals surface area contributed by atoms with E-state index in [-0.39, 0.29) is 0 Å². The summed E-state index contributed by atoms with van der Waals surface area (Å²) >= 11 is 0. The van der Waals surface area contributed by atoms with Gasteiger partial charge in [-0.25, -0.2) is 0 Å². The third-order valence-electron chi connectivity index (χ3n) is 4.62. The van der Waals surface area contributed by atoms with E-state index in [4.69, 9.17) is 0 Å². The molecule has 2 unspecified atom stereocenters. The van der Waals surface area contributed by atoms with Crippen molar-refractivity contribution in [2.24, 2.45) is 0 Å². The summed E-state index contributed by atoms with van der Waals surface area (Å²) in [7, 11) is 0. The van der Waals surface area contributed by atoms with Crippen LogP contribution in [0.2, 0.25) is 0 Å². The van der Waals surface area contributed by atoms with Crippen molar-refractivity contribution >= 4 is 11.4 Å². The lowest BCUT2D eigenvalue weighted by atomic mass is 9.97. The number of fused-ring (bicyclic) bond motifs is 1. The molecule has 3 rings (SSSR count). The van der Waals surface area contributed by atoms with Gasteiger partial charge in [0.05, 0.1) is 23.8 Å². The number of hydrogen-bond acceptors (Lipinski definition) is 4. The molecule has 110 valence electrons. The molecule has 4 nitrogen and oxygen atoms in total. The number of piperidine rings is 1. The fraction of sp³-hybridized carbons (Fsp3) is 0.688. The lowest BCUT2D eigenvalue weighted by molar-refractivity contribution is 0.115. The van der Waals surface area contributed by atoms with Crippen molar-refractivity contribution in [1.82, 2.24) is 9.88 Å². The minimum atomic E-state index is 0.572. The van der Waals surface area contributed by atoms with E-state index >= 15 is 0 Å². The van der Waals surface area contributed by atoms with Crippen LogP contribution >= 0.6 is 0 Å². The fourth-order valence-electron chi connectivity index (χ4n) is 3.60. The predicted octanol–water partition coefficient (Wildman–Crippen LogP) is 2.58. The van der Waals surface area contributed by atoms with E-state index in [0.717, 1.165) is 24.8 Å². The first-order valence-corrected chi connectivity index (χ1v) is 7.97. The topological polar surface area (TPSA) is 31.4 Å². The quantitative estimate of drug-likeness (QED) is 0.918. The zero-order valence-electron chi connectivity index (χ0n) is 12.7. The minimum absolute atomic E-state index is 0.572. The zero-order chi connectivity index (χ0) is 13.9. The van der Waals surface area contributed by atoms with Crippen molar-refractivity contribution in [2.45, 2.75) is 45.2 Å². The Morgan fingerprint density at radius 2 is 2.20 bits per heavy atom. The third-order valence-corrected chi connectivity index (χ3v) is 4.62. The maximum atomic E-state index is 4.40. The summed E-state index contributed by atoms with van der Waals surface area (Å²) in [5.41, 5.74) is 2.39. The van der Waals surface area contributed by atoms with Gasteiger partial charge in [-0.2, -0.15) is 0 Å². The molecular formula is C16H26N4. The van der Waals surface area contributed by atoms with E-state index in [9.17, 15) is 0 Å². The zero-order valence-corrected chi connectivity index (χ0v) is 12.7. The Balaban J connectivity index is 1.76. The molecule has 0 amide bonds. The van der Waals surface area contributed by atoms with Crippen molar-refractivity contribution in [2.75, 3.05) is 36.4 Å². The van der Waals surface area contributed by atoms with Crippen molar-refractivity contribution in [1.29, 1.82) is 0 Å². The monoisotopic (exact) mass is 274 g/mol. The third kappa shape index (κ3) is 2.75. The molecule has 3 heterocycles. The summed E-state index contributed by atoms with van der Waals surface area (Å²) in [4.78, 5) is 9.63. The number of nitrogens with one attached hydrogen (secondary N) is 1. The van der Waals surface area contributed by atoms with E-state index in [1.54, 1.807) is 0 Å². The number of piperazine rings is 1. The van der Waals surface area contributed by atoms with Gasteiger partial charge in [-0.1, -0.05) is 6.42 Å². The van der Waals surface area contributed by atoms with Crippen LogP contribution in [0.4, 0.5) is 11.4 Å². The molecule has 1 N–H and O–H groups in total. The van der Waals surface area contributed by atoms with Crippen LogP contribution in [-0.4, -0.2) is 48.1 Å². The van der Waals surface area contributed by atoms with E-state index in [0.29, 0.717) is 6.04 Å². The number of rotatable bonds is 3. The first kappa shape index (κ1) is 13.7. The average molecular weight is 274 g/mol. The standard InChI is InChI=1S/C16H26N4/c1-3-18-14-8-16(10-17-9-14)20-12-15-6-4-5-7-19(15)11-13(20)2/h8-10,13,15,18H,3-7,11-12H2,1-2H3. The summed E-state index contributed by atoms with van der Waals surface area (Å²) in [5, 5.41) is 3.36. The number of aromatic nitrogens is 1. The SMILES string of the molecule is CCNc1cncc(N2CC3CCCCN3CC2C)c1. The van der Waals surface area contributed by atoms with Gasteiger partial charge < -0.3 is 10.2 Å². The molecule has 2 atom stereocenters. The van der Waals surface area contributed by atoms with Gasteiger partial charge in [-0.05, 0) is 39.3 Å². The van der Waals surface area contributed by atoms with Crippen LogP contribution < -0.4 is 10.2 Å². The fourth-order valence-corrected chi connectivity index (χ4v) is 3.60. The Hall–Kier alpha value is -1.29. The van der Waals surface area contributed by atoms with E-state index in [2.05, 4.69) is 40.0 Å². The highest BCUT2D eigenvalue weighted by molar-refractivity contribution is 5.56. The smallest absolute Gasteiger partial charge is 0.0576 e. The van der Waals surface area contributed by atoms with Gasteiger partial charge in [-0.3, -0.25) is 9.88 Å². The minimum Gasteiger partial charge on any atom is -0.384 e. The number of nitrogens with zero attached hydrogens (tertiary/aromatic N) is 3. The molecule has 2 saturated heterocycles. The molecule has 20 heavy (non-hydrogen) atoms. The first-order valence-electron chi connectivity index (χ1n) is 7.97. The molecule has 1 aromatic heterocycles. The highest BCUT2D eigenvalue weighted by Crippen LogP contribution is 2.28. The summed E-state index contributed by atoms with van der Waals surface area (Å²) in [6.45, 7) is 9.03. The second-order valence-electron chi connectivity index (χ2n) is 6.11. The Bertz CT molecular complexity index is 448. The van der Waals surface area contributed by atoms with E-state index in [1.165, 1.54) is 38.0 Å².